The first-order valence-corrected chi connectivity index (χ1v) is 3.00. The highest BCUT2D eigenvalue weighted by Crippen LogP contribution is 2.06. The highest BCUT2D eigenvalue weighted by Gasteiger charge is 2.02. The van der Waals surface area contributed by atoms with Gasteiger partial charge in [0.2, 0.25) is 0 Å². The van der Waals surface area contributed by atoms with Gasteiger partial charge in [0, 0.05) is 11.2 Å². The molecule has 1 nitrogen and oxygen atoms in total. The van der Waals surface area contributed by atoms with Gasteiger partial charge in [0.1, 0.15) is 0 Å². The van der Waals surface area contributed by atoms with E-state index in [1.165, 1.54) is 0 Å². The Labute approximate surface area is 50.7 Å². The molecule has 0 rings (SSSR count). The smallest absolute Gasteiger partial charge is 0.197 e. The van der Waals surface area contributed by atoms with Gasteiger partial charge in [0.15, 0.2) is 6.36 Å². The predicted octanol–water partition coefficient (Wildman–Crippen LogP) is 1.45. The van der Waals surface area contributed by atoms with E-state index in [-0.39, 0.29) is 11.2 Å². The molecule has 0 aromatic heterocycles. The van der Waals surface area contributed by atoms with Gasteiger partial charge in [-0.1, -0.05) is 22.9 Å². The van der Waals surface area contributed by atoms with Gasteiger partial charge in [-0.25, -0.2) is 4.39 Å². The van der Waals surface area contributed by atoms with Crippen LogP contribution in [-0.2, 0) is 0 Å². The Morgan fingerprint density at radius 3 is 2.29 bits per heavy atom. The molecule has 2 atom stereocenters. The monoisotopic (exact) mass is 170 g/mol. The molecule has 0 heterocycles. The second-order valence-electron chi connectivity index (χ2n) is 1.45. The summed E-state index contributed by atoms with van der Waals surface area (Å²) in [5.74, 6) is 0. The Balaban J connectivity index is 2.95. The number of hydrogen-bond acceptors (Lipinski definition) is 1. The van der Waals surface area contributed by atoms with E-state index < -0.39 is 6.36 Å². The number of aliphatic hydroxyl groups excluding tert-OH is 1. The summed E-state index contributed by atoms with van der Waals surface area (Å²) in [6, 6.07) is 0. The normalized spacial score (nSPS) is 18.9. The third-order valence-corrected chi connectivity index (χ3v) is 0.893. The molecule has 44 valence electrons. The van der Waals surface area contributed by atoms with E-state index in [9.17, 15) is 4.39 Å². The molecule has 2 unspecified atom stereocenters. The Bertz CT molecular complexity index is 41.0. The van der Waals surface area contributed by atoms with Crippen LogP contribution in [-0.4, -0.2) is 16.3 Å². The molecule has 0 fully saturated rings. The zero-order chi connectivity index (χ0) is 5.86. The van der Waals surface area contributed by atoms with E-state index in [1.54, 1.807) is 6.92 Å². The minimum absolute atomic E-state index is 0.0625. The van der Waals surface area contributed by atoms with Crippen molar-refractivity contribution >= 4 is 15.9 Å². The third-order valence-electron chi connectivity index (χ3n) is 0.519. The molecule has 0 aromatic carbocycles. The molecule has 0 saturated heterocycles. The van der Waals surface area contributed by atoms with Gasteiger partial charge in [-0.15, -0.1) is 0 Å². The number of hydrogen-bond donors (Lipinski definition) is 1. The van der Waals surface area contributed by atoms with Gasteiger partial charge in [0.25, 0.3) is 0 Å². The lowest BCUT2D eigenvalue weighted by Gasteiger charge is -1.99. The average molecular weight is 171 g/mol. The topological polar surface area (TPSA) is 20.2 Å². The van der Waals surface area contributed by atoms with Crippen LogP contribution in [0.4, 0.5) is 4.39 Å². The van der Waals surface area contributed by atoms with Crippen molar-refractivity contribution in [1.29, 1.82) is 0 Å². The molecule has 0 saturated carbocycles. The summed E-state index contributed by atoms with van der Waals surface area (Å²) in [7, 11) is 0. The van der Waals surface area contributed by atoms with Crippen molar-refractivity contribution in [3.05, 3.63) is 0 Å². The zero-order valence-corrected chi connectivity index (χ0v) is 5.65. The summed E-state index contributed by atoms with van der Waals surface area (Å²) in [4.78, 5) is 0.0625. The van der Waals surface area contributed by atoms with Crippen molar-refractivity contribution in [2.45, 2.75) is 24.5 Å². The van der Waals surface area contributed by atoms with Crippen LogP contribution in [0.2, 0.25) is 0 Å². The maximum Gasteiger partial charge on any atom is 0.197 e. The fourth-order valence-electron chi connectivity index (χ4n) is 0.268. The number of rotatable bonds is 2. The van der Waals surface area contributed by atoms with Crippen LogP contribution in [0, 0.1) is 0 Å². The van der Waals surface area contributed by atoms with Crippen molar-refractivity contribution in [1.82, 2.24) is 0 Å². The van der Waals surface area contributed by atoms with E-state index in [4.69, 9.17) is 5.11 Å². The van der Waals surface area contributed by atoms with Gasteiger partial charge in [-0.3, -0.25) is 0 Å². The van der Waals surface area contributed by atoms with E-state index >= 15 is 0 Å². The molecule has 3 heteroatoms. The summed E-state index contributed by atoms with van der Waals surface area (Å²) >= 11 is 3.07. The largest absolute Gasteiger partial charge is 0.364 e. The first kappa shape index (κ1) is 7.37. The minimum Gasteiger partial charge on any atom is -0.364 e. The summed E-state index contributed by atoms with van der Waals surface area (Å²) in [5.41, 5.74) is 0. The van der Waals surface area contributed by atoms with Crippen LogP contribution in [0.15, 0.2) is 0 Å². The molecule has 0 spiro atoms. The molecule has 0 aliphatic rings. The van der Waals surface area contributed by atoms with E-state index in [2.05, 4.69) is 15.9 Å². The fraction of sp³-hybridized carbons (Fsp3) is 1.00. The maximum atomic E-state index is 11.5. The Hall–Kier alpha value is 0.370. The van der Waals surface area contributed by atoms with Crippen molar-refractivity contribution in [3.8, 4) is 0 Å². The Morgan fingerprint density at radius 2 is 2.29 bits per heavy atom. The lowest BCUT2D eigenvalue weighted by Crippen LogP contribution is -2.03. The van der Waals surface area contributed by atoms with Crippen LogP contribution < -0.4 is 0 Å². The van der Waals surface area contributed by atoms with Gasteiger partial charge < -0.3 is 5.11 Å². The molecule has 0 amide bonds. The highest BCUT2D eigenvalue weighted by atomic mass is 79.9. The molecule has 0 aromatic rings. The minimum atomic E-state index is -1.67. The van der Waals surface area contributed by atoms with Gasteiger partial charge in [0.05, 0.1) is 0 Å². The standard InChI is InChI=1S/C4H8BrFO/c1-3(5)2-4(6)7/h3-4,7H,2H2,1H3. The molecular weight excluding hydrogens is 163 g/mol. The summed E-state index contributed by atoms with van der Waals surface area (Å²) < 4.78 is 11.5. The van der Waals surface area contributed by atoms with E-state index in [1.807, 2.05) is 0 Å². The first-order chi connectivity index (χ1) is 3.13. The van der Waals surface area contributed by atoms with Crippen LogP contribution in [0.1, 0.15) is 13.3 Å². The Kier molecular flexibility index (Phi) is 3.56. The number of alkyl halides is 2. The Morgan fingerprint density at radius 1 is 1.86 bits per heavy atom. The fourth-order valence-corrected chi connectivity index (χ4v) is 0.576. The predicted molar refractivity (Wildman–Crippen MR) is 30.1 cm³/mol. The molecule has 0 aliphatic carbocycles. The summed E-state index contributed by atoms with van der Waals surface area (Å²) in [6.45, 7) is 1.78. The molecule has 7 heavy (non-hydrogen) atoms. The quantitative estimate of drug-likeness (QED) is 0.623. The summed E-state index contributed by atoms with van der Waals surface area (Å²) in [5, 5.41) is 8.03. The van der Waals surface area contributed by atoms with Crippen molar-refractivity contribution in [2.24, 2.45) is 0 Å². The second-order valence-corrected chi connectivity index (χ2v) is 3.01. The van der Waals surface area contributed by atoms with Crippen molar-refractivity contribution in [2.75, 3.05) is 0 Å². The van der Waals surface area contributed by atoms with Gasteiger partial charge in [-0.05, 0) is 0 Å². The lowest BCUT2D eigenvalue weighted by molar-refractivity contribution is 0.0358. The lowest BCUT2D eigenvalue weighted by atomic mass is 10.3. The SMILES string of the molecule is CC(Br)CC(O)F. The zero-order valence-electron chi connectivity index (χ0n) is 4.06. The molecular formula is C4H8BrFO. The van der Waals surface area contributed by atoms with Crippen molar-refractivity contribution < 1.29 is 9.50 Å². The number of halogens is 2. The van der Waals surface area contributed by atoms with Crippen molar-refractivity contribution in [3.63, 3.8) is 0 Å². The van der Waals surface area contributed by atoms with E-state index in [0.29, 0.717) is 0 Å². The van der Waals surface area contributed by atoms with Crippen LogP contribution in [0.5, 0.6) is 0 Å². The molecule has 1 N–H and O–H groups in total. The molecule has 0 aliphatic heterocycles. The van der Waals surface area contributed by atoms with Crippen LogP contribution >= 0.6 is 15.9 Å². The third kappa shape index (κ3) is 6.37. The van der Waals surface area contributed by atoms with E-state index in [0.717, 1.165) is 0 Å². The summed E-state index contributed by atoms with van der Waals surface area (Å²) in [6.07, 6.45) is -1.51. The van der Waals surface area contributed by atoms with Gasteiger partial charge in [-0.2, -0.15) is 0 Å². The molecule has 0 bridgehead atoms. The molecule has 0 radical (unpaired) electrons. The average Bonchev–Trinajstić information content (AvgIpc) is 1.27. The van der Waals surface area contributed by atoms with Gasteiger partial charge >= 0.3 is 0 Å². The first-order valence-electron chi connectivity index (χ1n) is 2.09. The number of aliphatic hydroxyl groups is 1. The second kappa shape index (κ2) is 3.38. The highest BCUT2D eigenvalue weighted by molar-refractivity contribution is 9.09. The van der Waals surface area contributed by atoms with Crippen LogP contribution in [0.3, 0.4) is 0 Å². The maximum absolute atomic E-state index is 11.5. The van der Waals surface area contributed by atoms with Crippen LogP contribution in [0.25, 0.3) is 0 Å².